The Morgan fingerprint density at radius 2 is 2.14 bits per heavy atom. The average Bonchev–Trinajstić information content (AvgIpc) is 2.46. The molecule has 1 aliphatic heterocycles. The Morgan fingerprint density at radius 1 is 1.41 bits per heavy atom. The zero-order chi connectivity index (χ0) is 16.2. The number of nitrogens with one attached hydrogen (secondary N) is 2. The zero-order valence-electron chi connectivity index (χ0n) is 13.0. The van der Waals surface area contributed by atoms with Gasteiger partial charge in [-0.2, -0.15) is 0 Å². The van der Waals surface area contributed by atoms with Crippen molar-refractivity contribution in [1.82, 2.24) is 10.2 Å². The minimum atomic E-state index is -3.42. The van der Waals surface area contributed by atoms with Gasteiger partial charge < -0.3 is 10.2 Å². The van der Waals surface area contributed by atoms with Gasteiger partial charge in [-0.05, 0) is 25.5 Å². The Bertz CT molecular complexity index is 631. The van der Waals surface area contributed by atoms with Crippen molar-refractivity contribution < 1.29 is 13.2 Å². The Balaban J connectivity index is 2.22. The quantitative estimate of drug-likeness (QED) is 0.854. The van der Waals surface area contributed by atoms with Crippen LogP contribution in [-0.2, 0) is 10.0 Å². The van der Waals surface area contributed by atoms with Crippen molar-refractivity contribution in [2.45, 2.75) is 26.3 Å². The number of hydrogen-bond acceptors (Lipinski definition) is 4. The van der Waals surface area contributed by atoms with Gasteiger partial charge in [0.1, 0.15) is 0 Å². The van der Waals surface area contributed by atoms with Crippen LogP contribution in [0.3, 0.4) is 0 Å². The summed E-state index contributed by atoms with van der Waals surface area (Å²) in [6, 6.07) is 7.00. The van der Waals surface area contributed by atoms with E-state index in [0.29, 0.717) is 30.8 Å². The normalized spacial score (nSPS) is 19.0. The maximum absolute atomic E-state index is 12.7. The number of piperazine rings is 1. The molecule has 0 saturated carbocycles. The van der Waals surface area contributed by atoms with Gasteiger partial charge in [0, 0.05) is 25.7 Å². The van der Waals surface area contributed by atoms with Crippen LogP contribution in [0.1, 0.15) is 30.6 Å². The van der Waals surface area contributed by atoms with E-state index in [1.54, 1.807) is 36.1 Å². The summed E-state index contributed by atoms with van der Waals surface area (Å²) < 4.78 is 26.4. The van der Waals surface area contributed by atoms with Gasteiger partial charge >= 0.3 is 0 Å². The molecular weight excluding hydrogens is 302 g/mol. The highest BCUT2D eigenvalue weighted by Crippen LogP contribution is 2.19. The topological polar surface area (TPSA) is 78.5 Å². The Morgan fingerprint density at radius 3 is 2.82 bits per heavy atom. The molecule has 0 spiro atoms. The third-order valence-electron chi connectivity index (χ3n) is 3.55. The molecule has 0 bridgehead atoms. The summed E-state index contributed by atoms with van der Waals surface area (Å²) in [5.74, 6) is -0.0941. The number of rotatable bonds is 5. The number of nitrogens with zero attached hydrogens (tertiary/aromatic N) is 1. The minimum absolute atomic E-state index is 0.0419. The van der Waals surface area contributed by atoms with Crippen LogP contribution in [0.15, 0.2) is 24.3 Å². The van der Waals surface area contributed by atoms with E-state index >= 15 is 0 Å². The molecule has 1 amide bonds. The maximum Gasteiger partial charge on any atom is 0.256 e. The van der Waals surface area contributed by atoms with Crippen LogP contribution in [0, 0.1) is 0 Å². The van der Waals surface area contributed by atoms with E-state index in [0.717, 1.165) is 6.54 Å². The Kier molecular flexibility index (Phi) is 5.42. The molecule has 122 valence electrons. The lowest BCUT2D eigenvalue weighted by Gasteiger charge is -2.32. The van der Waals surface area contributed by atoms with Gasteiger partial charge in [0.05, 0.1) is 17.0 Å². The second-order valence-electron chi connectivity index (χ2n) is 5.57. The fourth-order valence-corrected chi connectivity index (χ4v) is 3.69. The van der Waals surface area contributed by atoms with E-state index in [2.05, 4.69) is 10.0 Å². The fraction of sp³-hybridized carbons (Fsp3) is 0.533. The number of para-hydroxylation sites is 1. The van der Waals surface area contributed by atoms with Gasteiger partial charge in [0.25, 0.3) is 5.91 Å². The molecule has 1 fully saturated rings. The van der Waals surface area contributed by atoms with Crippen molar-refractivity contribution in [3.63, 3.8) is 0 Å². The first-order valence-corrected chi connectivity index (χ1v) is 9.20. The standard InChI is InChI=1S/C15H23N3O3S/c1-3-10-22(20,21)17-14-7-5-4-6-13(14)15(19)18-9-8-16-12(2)11-18/h4-7,12,16-17H,3,8-11H2,1-2H3. The second kappa shape index (κ2) is 7.11. The molecule has 2 N–H and O–H groups in total. The molecule has 0 radical (unpaired) electrons. The number of amides is 1. The number of sulfonamides is 1. The molecule has 22 heavy (non-hydrogen) atoms. The Labute approximate surface area is 131 Å². The van der Waals surface area contributed by atoms with Crippen LogP contribution in [0.5, 0.6) is 0 Å². The van der Waals surface area contributed by atoms with Crippen LogP contribution in [0.4, 0.5) is 5.69 Å². The molecule has 1 aromatic carbocycles. The predicted molar refractivity (Wildman–Crippen MR) is 87.5 cm³/mol. The summed E-state index contributed by atoms with van der Waals surface area (Å²) in [5.41, 5.74) is 0.753. The Hall–Kier alpha value is -1.60. The molecule has 1 unspecified atom stereocenters. The summed E-state index contributed by atoms with van der Waals surface area (Å²) in [4.78, 5) is 14.4. The van der Waals surface area contributed by atoms with Crippen LogP contribution < -0.4 is 10.0 Å². The van der Waals surface area contributed by atoms with Crippen molar-refractivity contribution in [3.8, 4) is 0 Å². The van der Waals surface area contributed by atoms with Crippen LogP contribution >= 0.6 is 0 Å². The number of benzene rings is 1. The molecule has 2 rings (SSSR count). The van der Waals surface area contributed by atoms with Crippen LogP contribution in [0.25, 0.3) is 0 Å². The van der Waals surface area contributed by atoms with Gasteiger partial charge in [-0.15, -0.1) is 0 Å². The van der Waals surface area contributed by atoms with Crippen molar-refractivity contribution >= 4 is 21.6 Å². The van der Waals surface area contributed by atoms with E-state index < -0.39 is 10.0 Å². The lowest BCUT2D eigenvalue weighted by Crippen LogP contribution is -2.51. The largest absolute Gasteiger partial charge is 0.336 e. The molecule has 1 aromatic rings. The summed E-state index contributed by atoms with van der Waals surface area (Å²) in [7, 11) is -3.42. The van der Waals surface area contributed by atoms with Crippen LogP contribution in [0.2, 0.25) is 0 Å². The molecule has 7 heteroatoms. The van der Waals surface area contributed by atoms with Crippen molar-refractivity contribution in [2.24, 2.45) is 0 Å². The van der Waals surface area contributed by atoms with E-state index in [-0.39, 0.29) is 17.7 Å². The molecule has 1 atom stereocenters. The highest BCUT2D eigenvalue weighted by molar-refractivity contribution is 7.92. The third-order valence-corrected chi connectivity index (χ3v) is 5.03. The average molecular weight is 325 g/mol. The maximum atomic E-state index is 12.7. The van der Waals surface area contributed by atoms with Gasteiger partial charge in [0.2, 0.25) is 10.0 Å². The predicted octanol–water partition coefficient (Wildman–Crippen LogP) is 1.27. The third kappa shape index (κ3) is 4.20. The minimum Gasteiger partial charge on any atom is -0.336 e. The highest BCUT2D eigenvalue weighted by atomic mass is 32.2. The number of anilines is 1. The van der Waals surface area contributed by atoms with E-state index in [9.17, 15) is 13.2 Å². The van der Waals surface area contributed by atoms with E-state index in [1.807, 2.05) is 6.92 Å². The van der Waals surface area contributed by atoms with Gasteiger partial charge in [-0.3, -0.25) is 9.52 Å². The molecular formula is C15H23N3O3S. The molecule has 0 aliphatic carbocycles. The van der Waals surface area contributed by atoms with Crippen molar-refractivity contribution in [1.29, 1.82) is 0 Å². The van der Waals surface area contributed by atoms with Gasteiger partial charge in [-0.1, -0.05) is 19.1 Å². The monoisotopic (exact) mass is 325 g/mol. The fourth-order valence-electron chi connectivity index (χ4n) is 2.53. The first-order chi connectivity index (χ1) is 10.4. The van der Waals surface area contributed by atoms with E-state index in [4.69, 9.17) is 0 Å². The second-order valence-corrected chi connectivity index (χ2v) is 7.41. The van der Waals surface area contributed by atoms with E-state index in [1.165, 1.54) is 0 Å². The van der Waals surface area contributed by atoms with Gasteiger partial charge in [0.15, 0.2) is 0 Å². The lowest BCUT2D eigenvalue weighted by atomic mass is 10.1. The molecule has 1 saturated heterocycles. The number of carbonyl (C=O) groups excluding carboxylic acids is 1. The molecule has 1 aliphatic rings. The first-order valence-electron chi connectivity index (χ1n) is 7.55. The van der Waals surface area contributed by atoms with Crippen LogP contribution in [-0.4, -0.2) is 50.7 Å². The SMILES string of the molecule is CCCS(=O)(=O)Nc1ccccc1C(=O)N1CCNC(C)C1. The molecule has 6 nitrogen and oxygen atoms in total. The number of hydrogen-bond donors (Lipinski definition) is 2. The van der Waals surface area contributed by atoms with Gasteiger partial charge in [-0.25, -0.2) is 8.42 Å². The zero-order valence-corrected chi connectivity index (χ0v) is 13.8. The summed E-state index contributed by atoms with van der Waals surface area (Å²) >= 11 is 0. The first kappa shape index (κ1) is 16.8. The van der Waals surface area contributed by atoms with Crippen molar-refractivity contribution in [3.05, 3.63) is 29.8 Å². The lowest BCUT2D eigenvalue weighted by molar-refractivity contribution is 0.0710. The summed E-state index contributed by atoms with van der Waals surface area (Å²) in [6.45, 7) is 5.82. The van der Waals surface area contributed by atoms with Crippen molar-refractivity contribution in [2.75, 3.05) is 30.1 Å². The molecule has 1 heterocycles. The highest BCUT2D eigenvalue weighted by Gasteiger charge is 2.24. The summed E-state index contributed by atoms with van der Waals surface area (Å²) in [5, 5.41) is 3.28. The summed E-state index contributed by atoms with van der Waals surface area (Å²) in [6.07, 6.45) is 0.529. The number of carbonyl (C=O) groups is 1. The smallest absolute Gasteiger partial charge is 0.256 e. The molecule has 0 aromatic heterocycles.